The minimum absolute atomic E-state index is 0.190. The molecule has 0 aliphatic carbocycles. The highest BCUT2D eigenvalue weighted by atomic mass is 19.1. The first-order valence-corrected chi connectivity index (χ1v) is 7.09. The van der Waals surface area contributed by atoms with Gasteiger partial charge in [-0.15, -0.1) is 5.10 Å². The molecule has 0 N–H and O–H groups in total. The zero-order valence-corrected chi connectivity index (χ0v) is 11.6. The van der Waals surface area contributed by atoms with E-state index in [1.165, 1.54) is 17.7 Å². The van der Waals surface area contributed by atoms with Crippen molar-refractivity contribution >= 4 is 6.01 Å². The number of aromatic nitrogens is 2. The van der Waals surface area contributed by atoms with Crippen LogP contribution in [-0.4, -0.2) is 23.3 Å². The van der Waals surface area contributed by atoms with E-state index in [0.717, 1.165) is 32.4 Å². The lowest BCUT2D eigenvalue weighted by Gasteiger charge is -2.13. The van der Waals surface area contributed by atoms with Gasteiger partial charge in [0, 0.05) is 25.4 Å². The van der Waals surface area contributed by atoms with E-state index >= 15 is 0 Å². The normalized spacial score (nSPS) is 18.7. The summed E-state index contributed by atoms with van der Waals surface area (Å²) in [6.07, 6.45) is 2.85. The van der Waals surface area contributed by atoms with Crippen molar-refractivity contribution in [2.75, 3.05) is 18.0 Å². The molecule has 1 aliphatic heterocycles. The molecule has 1 saturated heterocycles. The van der Waals surface area contributed by atoms with Gasteiger partial charge in [-0.1, -0.05) is 24.2 Å². The highest BCUT2D eigenvalue weighted by molar-refractivity contribution is 5.32. The Morgan fingerprint density at radius 2 is 2.10 bits per heavy atom. The van der Waals surface area contributed by atoms with E-state index in [2.05, 4.69) is 22.0 Å². The second-order valence-electron chi connectivity index (χ2n) is 5.21. The molecule has 2 heterocycles. The van der Waals surface area contributed by atoms with Crippen molar-refractivity contribution in [1.82, 2.24) is 10.2 Å². The Bertz CT molecular complexity index is 567. The molecule has 106 valence electrons. The van der Waals surface area contributed by atoms with E-state index in [1.54, 1.807) is 0 Å². The summed E-state index contributed by atoms with van der Waals surface area (Å²) in [5, 5.41) is 8.16. The number of rotatable bonds is 4. The van der Waals surface area contributed by atoms with Gasteiger partial charge in [0.15, 0.2) is 0 Å². The molecule has 1 atom stereocenters. The summed E-state index contributed by atoms with van der Waals surface area (Å²) in [6, 6.07) is 7.37. The number of hydrogen-bond donors (Lipinski definition) is 0. The largest absolute Gasteiger partial charge is 0.408 e. The number of hydrogen-bond acceptors (Lipinski definition) is 4. The third kappa shape index (κ3) is 2.66. The average Bonchev–Trinajstić information content (AvgIpc) is 3.08. The first-order chi connectivity index (χ1) is 9.76. The maximum atomic E-state index is 12.9. The van der Waals surface area contributed by atoms with Crippen LogP contribution < -0.4 is 4.90 Å². The van der Waals surface area contributed by atoms with Gasteiger partial charge in [-0.05, 0) is 30.5 Å². The average molecular weight is 275 g/mol. The molecule has 0 bridgehead atoms. The van der Waals surface area contributed by atoms with E-state index in [0.29, 0.717) is 17.8 Å². The maximum absolute atomic E-state index is 12.9. The minimum Gasteiger partial charge on any atom is -0.408 e. The van der Waals surface area contributed by atoms with Crippen LogP contribution in [0, 0.1) is 5.82 Å². The topological polar surface area (TPSA) is 42.2 Å². The molecule has 1 fully saturated rings. The van der Waals surface area contributed by atoms with Crippen molar-refractivity contribution in [1.29, 1.82) is 0 Å². The van der Waals surface area contributed by atoms with E-state index in [-0.39, 0.29) is 5.82 Å². The molecular formula is C15H18FN3O. The van der Waals surface area contributed by atoms with Gasteiger partial charge < -0.3 is 9.32 Å². The summed E-state index contributed by atoms with van der Waals surface area (Å²) in [5.74, 6) is 0.912. The molecule has 5 heteroatoms. The third-order valence-electron chi connectivity index (χ3n) is 3.72. The van der Waals surface area contributed by atoms with Crippen molar-refractivity contribution in [2.45, 2.75) is 32.1 Å². The summed E-state index contributed by atoms with van der Waals surface area (Å²) in [7, 11) is 0. The lowest BCUT2D eigenvalue weighted by atomic mass is 9.99. The monoisotopic (exact) mass is 275 g/mol. The van der Waals surface area contributed by atoms with Crippen molar-refractivity contribution in [3.8, 4) is 0 Å². The van der Waals surface area contributed by atoms with Gasteiger partial charge >= 0.3 is 6.01 Å². The van der Waals surface area contributed by atoms with Crippen LogP contribution in [0.15, 0.2) is 28.7 Å². The lowest BCUT2D eigenvalue weighted by Crippen LogP contribution is -2.19. The Kier molecular flexibility index (Phi) is 3.67. The predicted octanol–water partition coefficient (Wildman–Crippen LogP) is 3.16. The molecule has 0 amide bonds. The zero-order valence-electron chi connectivity index (χ0n) is 11.6. The van der Waals surface area contributed by atoms with Crippen LogP contribution >= 0.6 is 0 Å². The molecule has 2 aromatic rings. The smallest absolute Gasteiger partial charge is 0.318 e. The SMILES string of the molecule is CCCc1nnc(N2CC[C@@H](c3ccc(F)cc3)C2)o1. The van der Waals surface area contributed by atoms with Crippen molar-refractivity contribution in [3.63, 3.8) is 0 Å². The zero-order chi connectivity index (χ0) is 13.9. The number of nitrogens with zero attached hydrogens (tertiary/aromatic N) is 3. The van der Waals surface area contributed by atoms with Gasteiger partial charge in [-0.2, -0.15) is 0 Å². The van der Waals surface area contributed by atoms with Gasteiger partial charge in [0.1, 0.15) is 5.82 Å². The predicted molar refractivity (Wildman–Crippen MR) is 74.3 cm³/mol. The second-order valence-corrected chi connectivity index (χ2v) is 5.21. The molecular weight excluding hydrogens is 257 g/mol. The Balaban J connectivity index is 1.68. The molecule has 0 spiro atoms. The Hall–Kier alpha value is -1.91. The molecule has 3 rings (SSSR count). The van der Waals surface area contributed by atoms with Crippen LogP contribution in [0.2, 0.25) is 0 Å². The van der Waals surface area contributed by atoms with Crippen LogP contribution in [0.3, 0.4) is 0 Å². The third-order valence-corrected chi connectivity index (χ3v) is 3.72. The number of aryl methyl sites for hydroxylation is 1. The molecule has 1 aromatic carbocycles. The quantitative estimate of drug-likeness (QED) is 0.859. The van der Waals surface area contributed by atoms with E-state index in [9.17, 15) is 4.39 Å². The van der Waals surface area contributed by atoms with Crippen LogP contribution in [0.1, 0.15) is 37.1 Å². The fraction of sp³-hybridized carbons (Fsp3) is 0.467. The van der Waals surface area contributed by atoms with Crippen LogP contribution in [-0.2, 0) is 6.42 Å². The van der Waals surface area contributed by atoms with Gasteiger partial charge in [-0.25, -0.2) is 4.39 Å². The lowest BCUT2D eigenvalue weighted by molar-refractivity contribution is 0.486. The fourth-order valence-electron chi connectivity index (χ4n) is 2.63. The molecule has 20 heavy (non-hydrogen) atoms. The second kappa shape index (κ2) is 5.61. The number of halogens is 1. The van der Waals surface area contributed by atoms with E-state index in [1.807, 2.05) is 12.1 Å². The van der Waals surface area contributed by atoms with Gasteiger partial charge in [0.25, 0.3) is 0 Å². The van der Waals surface area contributed by atoms with E-state index < -0.39 is 0 Å². The summed E-state index contributed by atoms with van der Waals surface area (Å²) in [4.78, 5) is 2.11. The number of benzene rings is 1. The number of anilines is 1. The highest BCUT2D eigenvalue weighted by Gasteiger charge is 2.27. The Morgan fingerprint density at radius 3 is 2.85 bits per heavy atom. The van der Waals surface area contributed by atoms with Crippen LogP contribution in [0.25, 0.3) is 0 Å². The molecule has 0 saturated carbocycles. The van der Waals surface area contributed by atoms with Crippen molar-refractivity contribution in [2.24, 2.45) is 0 Å². The molecule has 0 unspecified atom stereocenters. The standard InChI is InChI=1S/C15H18FN3O/c1-2-3-14-17-18-15(20-14)19-9-8-12(10-19)11-4-6-13(16)7-5-11/h4-7,12H,2-3,8-10H2,1H3/t12-/m1/s1. The van der Waals surface area contributed by atoms with Gasteiger partial charge in [0.05, 0.1) is 0 Å². The Labute approximate surface area is 117 Å². The van der Waals surface area contributed by atoms with Crippen LogP contribution in [0.5, 0.6) is 0 Å². The summed E-state index contributed by atoms with van der Waals surface area (Å²) < 4.78 is 18.6. The van der Waals surface area contributed by atoms with Crippen LogP contribution in [0.4, 0.5) is 10.4 Å². The van der Waals surface area contributed by atoms with Gasteiger partial charge in [0.2, 0.25) is 5.89 Å². The summed E-state index contributed by atoms with van der Waals surface area (Å²) in [5.41, 5.74) is 1.17. The molecule has 4 nitrogen and oxygen atoms in total. The molecule has 1 aromatic heterocycles. The van der Waals surface area contributed by atoms with Crippen molar-refractivity contribution in [3.05, 3.63) is 41.5 Å². The van der Waals surface area contributed by atoms with Crippen molar-refractivity contribution < 1.29 is 8.81 Å². The summed E-state index contributed by atoms with van der Waals surface area (Å²) in [6.45, 7) is 3.83. The first-order valence-electron chi connectivity index (χ1n) is 7.09. The summed E-state index contributed by atoms with van der Waals surface area (Å²) >= 11 is 0. The minimum atomic E-state index is -0.190. The molecule has 0 radical (unpaired) electrons. The maximum Gasteiger partial charge on any atom is 0.318 e. The fourth-order valence-corrected chi connectivity index (χ4v) is 2.63. The highest BCUT2D eigenvalue weighted by Crippen LogP contribution is 2.30. The molecule has 1 aliphatic rings. The van der Waals surface area contributed by atoms with Gasteiger partial charge in [-0.3, -0.25) is 0 Å². The Morgan fingerprint density at radius 1 is 1.30 bits per heavy atom. The van der Waals surface area contributed by atoms with E-state index in [4.69, 9.17) is 4.42 Å². The first kappa shape index (κ1) is 13.1.